The molecule has 2 aromatic rings. The van der Waals surface area contributed by atoms with Gasteiger partial charge in [0.15, 0.2) is 0 Å². The van der Waals surface area contributed by atoms with E-state index in [2.05, 4.69) is 35.6 Å². The number of hydrogen-bond donors (Lipinski definition) is 1. The second kappa shape index (κ2) is 5.90. The first kappa shape index (κ1) is 14.9. The molecule has 106 valence electrons. The molecule has 20 heavy (non-hydrogen) atoms. The number of pyridine rings is 1. The van der Waals surface area contributed by atoms with Gasteiger partial charge in [-0.05, 0) is 22.0 Å². The van der Waals surface area contributed by atoms with Gasteiger partial charge >= 0.3 is 0 Å². The Morgan fingerprint density at radius 2 is 2.05 bits per heavy atom. The molecular formula is C10H8BrClN4O3S. The fraction of sp³-hybridized carbons (Fsp3) is 0.100. The number of ether oxygens (including phenoxy) is 1. The first-order valence-electron chi connectivity index (χ1n) is 5.12. The first-order valence-corrected chi connectivity index (χ1v) is 7.78. The largest absolute Gasteiger partial charge is 0.481 e. The van der Waals surface area contributed by atoms with Gasteiger partial charge in [0.05, 0.1) is 7.11 Å². The highest BCUT2D eigenvalue weighted by Gasteiger charge is 2.17. The van der Waals surface area contributed by atoms with Crippen molar-refractivity contribution in [2.75, 3.05) is 11.8 Å². The fourth-order valence-corrected chi connectivity index (χ4v) is 2.89. The molecule has 0 aliphatic carbocycles. The highest BCUT2D eigenvalue weighted by atomic mass is 79.9. The van der Waals surface area contributed by atoms with Crippen molar-refractivity contribution in [3.05, 3.63) is 34.2 Å². The molecule has 0 atom stereocenters. The molecule has 0 aliphatic rings. The van der Waals surface area contributed by atoms with E-state index in [1.54, 1.807) is 0 Å². The Labute approximate surface area is 128 Å². The zero-order valence-corrected chi connectivity index (χ0v) is 13.2. The molecule has 0 saturated carbocycles. The molecule has 0 aromatic carbocycles. The molecule has 0 saturated heterocycles. The third kappa shape index (κ3) is 3.56. The van der Waals surface area contributed by atoms with Crippen molar-refractivity contribution >= 4 is 43.5 Å². The predicted molar refractivity (Wildman–Crippen MR) is 76.3 cm³/mol. The van der Waals surface area contributed by atoms with Crippen molar-refractivity contribution in [2.45, 2.75) is 4.90 Å². The zero-order valence-electron chi connectivity index (χ0n) is 10.0. The third-order valence-electron chi connectivity index (χ3n) is 2.10. The second-order valence-electron chi connectivity index (χ2n) is 3.50. The smallest absolute Gasteiger partial charge is 0.265 e. The van der Waals surface area contributed by atoms with Crippen LogP contribution in [0.2, 0.25) is 5.15 Å². The van der Waals surface area contributed by atoms with Gasteiger partial charge in [0.1, 0.15) is 10.0 Å². The van der Waals surface area contributed by atoms with Gasteiger partial charge in [-0.25, -0.2) is 18.1 Å². The lowest BCUT2D eigenvalue weighted by atomic mass is 10.5. The number of halogens is 2. The standard InChI is InChI=1S/C10H8BrClN4O3S/c1-19-9-3-8(12)14-10(15-9)16-20(17,18)7-2-6(11)4-13-5-7/h2-5H,1H3,(H,14,15,16). The Morgan fingerprint density at radius 3 is 2.70 bits per heavy atom. The summed E-state index contributed by atoms with van der Waals surface area (Å²) in [4.78, 5) is 11.4. The predicted octanol–water partition coefficient (Wildman–Crippen LogP) is 2.10. The fourth-order valence-electron chi connectivity index (χ4n) is 1.27. The van der Waals surface area contributed by atoms with Crippen molar-refractivity contribution in [1.82, 2.24) is 15.0 Å². The molecule has 0 unspecified atom stereocenters. The zero-order chi connectivity index (χ0) is 14.8. The van der Waals surface area contributed by atoms with Gasteiger partial charge in [-0.15, -0.1) is 0 Å². The molecule has 2 heterocycles. The number of nitrogens with zero attached hydrogens (tertiary/aromatic N) is 3. The summed E-state index contributed by atoms with van der Waals surface area (Å²) in [7, 11) is -2.48. The second-order valence-corrected chi connectivity index (χ2v) is 6.49. The summed E-state index contributed by atoms with van der Waals surface area (Å²) >= 11 is 8.89. The summed E-state index contributed by atoms with van der Waals surface area (Å²) in [5, 5.41) is 0.0573. The molecular weight excluding hydrogens is 372 g/mol. The summed E-state index contributed by atoms with van der Waals surface area (Å²) in [6.07, 6.45) is 2.67. The Balaban J connectivity index is 2.35. The van der Waals surface area contributed by atoms with E-state index in [9.17, 15) is 8.42 Å². The average molecular weight is 380 g/mol. The van der Waals surface area contributed by atoms with E-state index < -0.39 is 10.0 Å². The van der Waals surface area contributed by atoms with Crippen LogP contribution in [0.15, 0.2) is 33.9 Å². The lowest BCUT2D eigenvalue weighted by Crippen LogP contribution is -2.15. The van der Waals surface area contributed by atoms with Gasteiger partial charge in [-0.2, -0.15) is 4.98 Å². The number of rotatable bonds is 4. The maximum atomic E-state index is 12.1. The molecule has 0 fully saturated rings. The minimum absolute atomic E-state index is 0.0329. The summed E-state index contributed by atoms with van der Waals surface area (Å²) in [5.41, 5.74) is 0. The number of methoxy groups -OCH3 is 1. The average Bonchev–Trinajstić information content (AvgIpc) is 2.37. The van der Waals surface area contributed by atoms with Gasteiger partial charge in [-0.1, -0.05) is 11.6 Å². The number of sulfonamides is 1. The Morgan fingerprint density at radius 1 is 1.30 bits per heavy atom. The van der Waals surface area contributed by atoms with Crippen molar-refractivity contribution in [3.8, 4) is 5.88 Å². The van der Waals surface area contributed by atoms with E-state index in [4.69, 9.17) is 16.3 Å². The van der Waals surface area contributed by atoms with Gasteiger partial charge < -0.3 is 4.74 Å². The third-order valence-corrected chi connectivity index (χ3v) is 4.02. The quantitative estimate of drug-likeness (QED) is 0.818. The SMILES string of the molecule is COc1cc(Cl)nc(NS(=O)(=O)c2cncc(Br)c2)n1. The van der Waals surface area contributed by atoms with Crippen LogP contribution in [0, 0.1) is 0 Å². The van der Waals surface area contributed by atoms with Crippen molar-refractivity contribution in [3.63, 3.8) is 0 Å². The Bertz CT molecular complexity index is 741. The van der Waals surface area contributed by atoms with Crippen LogP contribution in [-0.2, 0) is 10.0 Å². The van der Waals surface area contributed by atoms with E-state index >= 15 is 0 Å². The molecule has 1 N–H and O–H groups in total. The van der Waals surface area contributed by atoms with Crippen molar-refractivity contribution in [2.24, 2.45) is 0 Å². The van der Waals surface area contributed by atoms with Gasteiger partial charge in [0, 0.05) is 22.9 Å². The van der Waals surface area contributed by atoms with Crippen LogP contribution in [0.3, 0.4) is 0 Å². The maximum absolute atomic E-state index is 12.1. The van der Waals surface area contributed by atoms with Gasteiger partial charge in [-0.3, -0.25) is 4.98 Å². The maximum Gasteiger partial charge on any atom is 0.265 e. The van der Waals surface area contributed by atoms with Crippen LogP contribution < -0.4 is 9.46 Å². The molecule has 2 aromatic heterocycles. The summed E-state index contributed by atoms with van der Waals surface area (Å²) in [6.45, 7) is 0. The molecule has 2 rings (SSSR count). The van der Waals surface area contributed by atoms with Crippen LogP contribution in [-0.4, -0.2) is 30.5 Å². The normalized spacial score (nSPS) is 11.2. The molecule has 0 radical (unpaired) electrons. The topological polar surface area (TPSA) is 94.1 Å². The number of hydrogen-bond acceptors (Lipinski definition) is 6. The minimum atomic E-state index is -3.86. The van der Waals surface area contributed by atoms with Crippen LogP contribution >= 0.6 is 27.5 Å². The van der Waals surface area contributed by atoms with Gasteiger partial charge in [0.2, 0.25) is 11.8 Å². The van der Waals surface area contributed by atoms with E-state index in [0.29, 0.717) is 4.47 Å². The van der Waals surface area contributed by atoms with Crippen LogP contribution in [0.5, 0.6) is 5.88 Å². The molecule has 0 amide bonds. The van der Waals surface area contributed by atoms with Gasteiger partial charge in [0.25, 0.3) is 10.0 Å². The molecule has 7 nitrogen and oxygen atoms in total. The van der Waals surface area contributed by atoms with E-state index in [-0.39, 0.29) is 21.9 Å². The summed E-state index contributed by atoms with van der Waals surface area (Å²) < 4.78 is 31.9. The number of nitrogens with one attached hydrogen (secondary N) is 1. The first-order chi connectivity index (χ1) is 9.40. The lowest BCUT2D eigenvalue weighted by Gasteiger charge is -2.08. The van der Waals surface area contributed by atoms with Crippen molar-refractivity contribution in [1.29, 1.82) is 0 Å². The molecule has 0 bridgehead atoms. The monoisotopic (exact) mass is 378 g/mol. The van der Waals surface area contributed by atoms with Crippen LogP contribution in [0.1, 0.15) is 0 Å². The van der Waals surface area contributed by atoms with E-state index in [1.165, 1.54) is 31.6 Å². The Hall–Kier alpha value is -1.45. The number of anilines is 1. The Kier molecular flexibility index (Phi) is 4.41. The molecule has 0 spiro atoms. The van der Waals surface area contributed by atoms with Crippen molar-refractivity contribution < 1.29 is 13.2 Å². The molecule has 0 aliphatic heterocycles. The minimum Gasteiger partial charge on any atom is -0.481 e. The number of aromatic nitrogens is 3. The van der Waals surface area contributed by atoms with Crippen LogP contribution in [0.25, 0.3) is 0 Å². The summed E-state index contributed by atoms with van der Waals surface area (Å²) in [5.74, 6) is -0.0376. The lowest BCUT2D eigenvalue weighted by molar-refractivity contribution is 0.397. The molecule has 10 heteroatoms. The van der Waals surface area contributed by atoms with E-state index in [0.717, 1.165) is 0 Å². The van der Waals surface area contributed by atoms with Crippen LogP contribution in [0.4, 0.5) is 5.95 Å². The highest BCUT2D eigenvalue weighted by molar-refractivity contribution is 9.10. The summed E-state index contributed by atoms with van der Waals surface area (Å²) in [6, 6.07) is 2.76. The van der Waals surface area contributed by atoms with E-state index in [1.807, 2.05) is 0 Å². The highest BCUT2D eigenvalue weighted by Crippen LogP contribution is 2.20.